The molecule has 0 heterocycles. The summed E-state index contributed by atoms with van der Waals surface area (Å²) in [6, 6.07) is 19.1. The third kappa shape index (κ3) is 7.18. The van der Waals surface area contributed by atoms with E-state index in [0.29, 0.717) is 23.7 Å². The van der Waals surface area contributed by atoms with Crippen molar-refractivity contribution < 1.29 is 26.4 Å². The van der Waals surface area contributed by atoms with Gasteiger partial charge in [0.25, 0.3) is 10.0 Å². The molecule has 0 radical (unpaired) electrons. The highest BCUT2D eigenvalue weighted by molar-refractivity contribution is 7.98. The zero-order valence-corrected chi connectivity index (χ0v) is 23.4. The van der Waals surface area contributed by atoms with Crippen molar-refractivity contribution >= 4 is 54.8 Å². The molecule has 0 aliphatic rings. The number of hydrogen-bond donors (Lipinski definition) is 1. The van der Waals surface area contributed by atoms with Crippen molar-refractivity contribution in [2.75, 3.05) is 46.6 Å². The van der Waals surface area contributed by atoms with Crippen LogP contribution in [0, 0.1) is 0 Å². The van der Waals surface area contributed by atoms with Crippen LogP contribution < -0.4 is 18.7 Å². The first-order valence-electron chi connectivity index (χ1n) is 11.2. The van der Waals surface area contributed by atoms with E-state index in [4.69, 9.17) is 4.74 Å². The predicted molar refractivity (Wildman–Crippen MR) is 149 cm³/mol. The van der Waals surface area contributed by atoms with E-state index in [1.54, 1.807) is 54.6 Å². The van der Waals surface area contributed by atoms with Crippen molar-refractivity contribution in [1.29, 1.82) is 0 Å². The van der Waals surface area contributed by atoms with Gasteiger partial charge < -0.3 is 10.1 Å². The third-order valence-electron chi connectivity index (χ3n) is 5.36. The maximum Gasteiger partial charge on any atom is 0.264 e. The lowest BCUT2D eigenvalue weighted by Crippen LogP contribution is -2.38. The van der Waals surface area contributed by atoms with Crippen LogP contribution in [0.1, 0.15) is 6.92 Å². The fourth-order valence-electron chi connectivity index (χ4n) is 3.37. The van der Waals surface area contributed by atoms with Gasteiger partial charge in [0.05, 0.1) is 29.1 Å². The molecule has 0 fully saturated rings. The van der Waals surface area contributed by atoms with Crippen LogP contribution in [0.25, 0.3) is 0 Å². The summed E-state index contributed by atoms with van der Waals surface area (Å²) in [4.78, 5) is 14.0. The fourth-order valence-corrected chi connectivity index (χ4v) is 5.69. The SMILES string of the molecule is CCOc1ccc(N(CC(=O)Nc2cccc(N(C)S(C)(=O)=O)c2)S(=O)(=O)c2ccc(SC)cc2)cc1. The molecule has 3 aromatic rings. The minimum absolute atomic E-state index is 0.0451. The molecule has 12 heteroatoms. The van der Waals surface area contributed by atoms with E-state index in [0.717, 1.165) is 19.8 Å². The summed E-state index contributed by atoms with van der Waals surface area (Å²) in [5.74, 6) is -0.0264. The lowest BCUT2D eigenvalue weighted by molar-refractivity contribution is -0.114. The van der Waals surface area contributed by atoms with E-state index < -0.39 is 32.5 Å². The van der Waals surface area contributed by atoms with Gasteiger partial charge >= 0.3 is 0 Å². The number of nitrogens with zero attached hydrogens (tertiary/aromatic N) is 2. The van der Waals surface area contributed by atoms with Crippen LogP contribution in [-0.4, -0.2) is 55.5 Å². The fraction of sp³-hybridized carbons (Fsp3) is 0.240. The Morgan fingerprint density at radius 2 is 1.59 bits per heavy atom. The number of thioether (sulfide) groups is 1. The Morgan fingerprint density at radius 3 is 2.16 bits per heavy atom. The molecule has 0 saturated heterocycles. The van der Waals surface area contributed by atoms with E-state index >= 15 is 0 Å². The molecule has 0 aliphatic carbocycles. The molecular formula is C25H29N3O6S3. The average molecular weight is 564 g/mol. The van der Waals surface area contributed by atoms with Crippen LogP contribution in [0.15, 0.2) is 82.6 Å². The molecule has 3 rings (SSSR count). The number of amides is 1. The van der Waals surface area contributed by atoms with Crippen LogP contribution in [-0.2, 0) is 24.8 Å². The molecule has 0 saturated carbocycles. The second-order valence-electron chi connectivity index (χ2n) is 7.94. The van der Waals surface area contributed by atoms with Crippen LogP contribution in [0.3, 0.4) is 0 Å². The number of benzene rings is 3. The number of ether oxygens (including phenoxy) is 1. The second kappa shape index (κ2) is 11.9. The first-order valence-corrected chi connectivity index (χ1v) is 15.7. The first-order chi connectivity index (χ1) is 17.5. The van der Waals surface area contributed by atoms with Crippen molar-refractivity contribution in [1.82, 2.24) is 0 Å². The molecular weight excluding hydrogens is 534 g/mol. The van der Waals surface area contributed by atoms with Gasteiger partial charge in [-0.15, -0.1) is 11.8 Å². The number of sulfonamides is 2. The topological polar surface area (TPSA) is 113 Å². The first kappa shape index (κ1) is 28.4. The molecule has 0 atom stereocenters. The van der Waals surface area contributed by atoms with E-state index in [1.807, 2.05) is 13.2 Å². The zero-order chi connectivity index (χ0) is 27.2. The van der Waals surface area contributed by atoms with Crippen molar-refractivity contribution in [3.05, 3.63) is 72.8 Å². The highest BCUT2D eigenvalue weighted by Crippen LogP contribution is 2.28. The molecule has 0 aromatic heterocycles. The van der Waals surface area contributed by atoms with Crippen molar-refractivity contribution in [2.45, 2.75) is 16.7 Å². The van der Waals surface area contributed by atoms with Crippen molar-refractivity contribution in [3.8, 4) is 5.75 Å². The highest BCUT2D eigenvalue weighted by atomic mass is 32.2. The average Bonchev–Trinajstić information content (AvgIpc) is 2.87. The normalized spacial score (nSPS) is 11.6. The van der Waals surface area contributed by atoms with Crippen LogP contribution in [0.4, 0.5) is 17.1 Å². The Morgan fingerprint density at radius 1 is 0.946 bits per heavy atom. The van der Waals surface area contributed by atoms with Gasteiger partial charge in [0.1, 0.15) is 12.3 Å². The molecule has 0 unspecified atom stereocenters. The summed E-state index contributed by atoms with van der Waals surface area (Å²) in [7, 11) is -6.19. The summed E-state index contributed by atoms with van der Waals surface area (Å²) in [5, 5.41) is 2.67. The molecule has 3 aromatic carbocycles. The Balaban J connectivity index is 1.92. The van der Waals surface area contributed by atoms with Gasteiger partial charge in [-0.2, -0.15) is 0 Å². The Kier molecular flexibility index (Phi) is 9.11. The highest BCUT2D eigenvalue weighted by Gasteiger charge is 2.27. The minimum atomic E-state index is -4.10. The number of rotatable bonds is 11. The van der Waals surface area contributed by atoms with Gasteiger partial charge in [0.15, 0.2) is 0 Å². The monoisotopic (exact) mass is 563 g/mol. The summed E-state index contributed by atoms with van der Waals surface area (Å²) in [6.45, 7) is 1.79. The third-order valence-corrected chi connectivity index (χ3v) is 9.10. The van der Waals surface area contributed by atoms with Crippen LogP contribution >= 0.6 is 11.8 Å². The molecule has 0 spiro atoms. The standard InChI is InChI=1S/C25H29N3O6S3/c1-5-34-22-11-9-20(10-12-22)28(37(32,33)24-15-13-23(35-3)14-16-24)18-25(29)26-19-7-6-8-21(17-19)27(2)36(4,30)31/h6-17H,5,18H2,1-4H3,(H,26,29). The van der Waals surface area contributed by atoms with Gasteiger partial charge in [-0.25, -0.2) is 16.8 Å². The minimum Gasteiger partial charge on any atom is -0.494 e. The maximum absolute atomic E-state index is 13.6. The van der Waals surface area contributed by atoms with Gasteiger partial charge in [0, 0.05) is 17.6 Å². The molecule has 1 N–H and O–H groups in total. The van der Waals surface area contributed by atoms with E-state index in [2.05, 4.69) is 5.32 Å². The molecule has 1 amide bonds. The summed E-state index contributed by atoms with van der Waals surface area (Å²) < 4.78 is 58.5. The Hall–Kier alpha value is -3.22. The smallest absolute Gasteiger partial charge is 0.264 e. The van der Waals surface area contributed by atoms with E-state index in [-0.39, 0.29) is 10.6 Å². The lowest BCUT2D eigenvalue weighted by Gasteiger charge is -2.24. The van der Waals surface area contributed by atoms with Gasteiger partial charge in [0.2, 0.25) is 15.9 Å². The number of nitrogens with one attached hydrogen (secondary N) is 1. The van der Waals surface area contributed by atoms with Crippen LogP contribution in [0.2, 0.25) is 0 Å². The zero-order valence-electron chi connectivity index (χ0n) is 20.9. The van der Waals surface area contributed by atoms with Gasteiger partial charge in [-0.1, -0.05) is 6.07 Å². The molecule has 198 valence electrons. The molecule has 0 bridgehead atoms. The predicted octanol–water partition coefficient (Wildman–Crippen LogP) is 4.04. The number of carbonyl (C=O) groups is 1. The summed E-state index contributed by atoms with van der Waals surface area (Å²) in [6.07, 6.45) is 2.96. The van der Waals surface area contributed by atoms with Crippen molar-refractivity contribution in [3.63, 3.8) is 0 Å². The molecule has 37 heavy (non-hydrogen) atoms. The molecule has 0 aliphatic heterocycles. The largest absolute Gasteiger partial charge is 0.494 e. The van der Waals surface area contributed by atoms with Gasteiger partial charge in [-0.05, 0) is 79.9 Å². The number of anilines is 3. The lowest BCUT2D eigenvalue weighted by atomic mass is 10.2. The number of carbonyl (C=O) groups excluding carboxylic acids is 1. The maximum atomic E-state index is 13.6. The number of hydrogen-bond acceptors (Lipinski definition) is 7. The summed E-state index contributed by atoms with van der Waals surface area (Å²) in [5.41, 5.74) is 0.967. The second-order valence-corrected chi connectivity index (χ2v) is 12.7. The van der Waals surface area contributed by atoms with Crippen LogP contribution in [0.5, 0.6) is 5.75 Å². The van der Waals surface area contributed by atoms with E-state index in [9.17, 15) is 21.6 Å². The molecule has 9 nitrogen and oxygen atoms in total. The van der Waals surface area contributed by atoms with Crippen molar-refractivity contribution in [2.24, 2.45) is 0 Å². The van der Waals surface area contributed by atoms with Gasteiger partial charge in [-0.3, -0.25) is 13.4 Å². The summed E-state index contributed by atoms with van der Waals surface area (Å²) >= 11 is 1.49. The quantitative estimate of drug-likeness (QED) is 0.351. The Labute approximate surface area is 222 Å². The van der Waals surface area contributed by atoms with E-state index in [1.165, 1.54) is 37.0 Å². The Bertz CT molecular complexity index is 1440.